The van der Waals surface area contributed by atoms with Gasteiger partial charge < -0.3 is 10.6 Å². The van der Waals surface area contributed by atoms with Crippen LogP contribution in [0.25, 0.3) is 0 Å². The molecule has 0 spiro atoms. The molecule has 0 saturated heterocycles. The van der Waals surface area contributed by atoms with Crippen molar-refractivity contribution in [1.82, 2.24) is 10.6 Å². The predicted molar refractivity (Wildman–Crippen MR) is 133 cm³/mol. The SMILES string of the molecule is CCNC(=NCCCSc1ccc(F)cc1)NCCc1ccc(S(N)(=O)=O)cc1.I. The molecule has 0 bridgehead atoms. The van der Waals surface area contributed by atoms with Crippen LogP contribution < -0.4 is 15.8 Å². The average molecular weight is 567 g/mol. The van der Waals surface area contributed by atoms with E-state index in [2.05, 4.69) is 15.6 Å². The Morgan fingerprint density at radius 2 is 1.77 bits per heavy atom. The van der Waals surface area contributed by atoms with E-state index in [4.69, 9.17) is 5.14 Å². The monoisotopic (exact) mass is 566 g/mol. The van der Waals surface area contributed by atoms with Crippen LogP contribution in [0.15, 0.2) is 63.3 Å². The molecule has 2 aromatic carbocycles. The van der Waals surface area contributed by atoms with E-state index >= 15 is 0 Å². The molecule has 0 amide bonds. The molecule has 30 heavy (non-hydrogen) atoms. The Morgan fingerprint density at radius 1 is 1.10 bits per heavy atom. The number of halogens is 2. The van der Waals surface area contributed by atoms with Crippen molar-refractivity contribution < 1.29 is 12.8 Å². The molecule has 0 radical (unpaired) electrons. The fraction of sp³-hybridized carbons (Fsp3) is 0.350. The third kappa shape index (κ3) is 10.1. The van der Waals surface area contributed by atoms with Gasteiger partial charge in [-0.15, -0.1) is 35.7 Å². The first-order valence-electron chi connectivity index (χ1n) is 9.41. The van der Waals surface area contributed by atoms with E-state index in [9.17, 15) is 12.8 Å². The highest BCUT2D eigenvalue weighted by Gasteiger charge is 2.06. The molecule has 10 heteroatoms. The van der Waals surface area contributed by atoms with Crippen LogP contribution in [0.4, 0.5) is 4.39 Å². The molecular formula is C20H28FIN4O2S2. The first-order chi connectivity index (χ1) is 13.9. The summed E-state index contributed by atoms with van der Waals surface area (Å²) in [4.78, 5) is 5.73. The van der Waals surface area contributed by atoms with Gasteiger partial charge in [-0.05, 0) is 67.5 Å². The number of rotatable bonds is 10. The van der Waals surface area contributed by atoms with Crippen LogP contribution >= 0.6 is 35.7 Å². The molecule has 0 aliphatic heterocycles. The number of aliphatic imine (C=N–C) groups is 1. The van der Waals surface area contributed by atoms with Crippen LogP contribution in [-0.4, -0.2) is 39.8 Å². The Hall–Kier alpha value is -1.37. The van der Waals surface area contributed by atoms with Gasteiger partial charge in [-0.3, -0.25) is 4.99 Å². The first-order valence-corrected chi connectivity index (χ1v) is 11.9. The molecule has 2 aromatic rings. The fourth-order valence-electron chi connectivity index (χ4n) is 2.49. The van der Waals surface area contributed by atoms with Gasteiger partial charge in [-0.25, -0.2) is 17.9 Å². The number of nitrogens with two attached hydrogens (primary N) is 1. The summed E-state index contributed by atoms with van der Waals surface area (Å²) in [5.74, 6) is 1.44. The van der Waals surface area contributed by atoms with E-state index in [-0.39, 0.29) is 34.7 Å². The van der Waals surface area contributed by atoms with Crippen molar-refractivity contribution in [3.05, 3.63) is 59.9 Å². The van der Waals surface area contributed by atoms with E-state index < -0.39 is 10.0 Å². The molecule has 2 rings (SSSR count). The van der Waals surface area contributed by atoms with E-state index in [0.29, 0.717) is 13.1 Å². The van der Waals surface area contributed by atoms with Crippen LogP contribution in [0.1, 0.15) is 18.9 Å². The molecule has 0 fully saturated rings. The van der Waals surface area contributed by atoms with Crippen molar-refractivity contribution in [3.63, 3.8) is 0 Å². The lowest BCUT2D eigenvalue weighted by Gasteiger charge is -2.11. The van der Waals surface area contributed by atoms with E-state index in [1.165, 1.54) is 24.3 Å². The molecule has 166 valence electrons. The summed E-state index contributed by atoms with van der Waals surface area (Å²) in [6.45, 7) is 4.13. The second kappa shape index (κ2) is 13.8. The maximum atomic E-state index is 12.9. The van der Waals surface area contributed by atoms with Gasteiger partial charge in [0, 0.05) is 24.5 Å². The zero-order chi connectivity index (χ0) is 21.1. The first kappa shape index (κ1) is 26.7. The molecule has 4 N–H and O–H groups in total. The van der Waals surface area contributed by atoms with Gasteiger partial charge in [0.1, 0.15) is 5.82 Å². The summed E-state index contributed by atoms with van der Waals surface area (Å²) in [5, 5.41) is 11.6. The second-order valence-electron chi connectivity index (χ2n) is 6.28. The van der Waals surface area contributed by atoms with Gasteiger partial charge in [0.25, 0.3) is 0 Å². The Labute approximate surface area is 199 Å². The maximum absolute atomic E-state index is 12.9. The van der Waals surface area contributed by atoms with Crippen LogP contribution in [0.5, 0.6) is 0 Å². The van der Waals surface area contributed by atoms with Crippen LogP contribution in [0.3, 0.4) is 0 Å². The quantitative estimate of drug-likeness (QED) is 0.135. The highest BCUT2D eigenvalue weighted by Crippen LogP contribution is 2.18. The minimum absolute atomic E-state index is 0. The van der Waals surface area contributed by atoms with E-state index in [0.717, 1.165) is 41.6 Å². The zero-order valence-corrected chi connectivity index (χ0v) is 20.8. The van der Waals surface area contributed by atoms with Gasteiger partial charge in [0.15, 0.2) is 5.96 Å². The molecule has 0 heterocycles. The molecule has 0 aliphatic rings. The summed E-state index contributed by atoms with van der Waals surface area (Å²) in [5.41, 5.74) is 1.01. The number of hydrogen-bond acceptors (Lipinski definition) is 4. The fourth-order valence-corrected chi connectivity index (χ4v) is 3.84. The minimum Gasteiger partial charge on any atom is -0.357 e. The predicted octanol–water partition coefficient (Wildman–Crippen LogP) is 3.37. The Balaban J connectivity index is 0.00000450. The number of primary sulfonamides is 1. The van der Waals surface area contributed by atoms with Crippen molar-refractivity contribution in [3.8, 4) is 0 Å². The highest BCUT2D eigenvalue weighted by molar-refractivity contribution is 14.0. The number of nitrogens with zero attached hydrogens (tertiary/aromatic N) is 1. The molecule has 0 atom stereocenters. The molecule has 0 saturated carbocycles. The lowest BCUT2D eigenvalue weighted by molar-refractivity contribution is 0.597. The summed E-state index contributed by atoms with van der Waals surface area (Å²) in [6, 6.07) is 13.1. The molecule has 6 nitrogen and oxygen atoms in total. The minimum atomic E-state index is -3.66. The van der Waals surface area contributed by atoms with Crippen LogP contribution in [0, 0.1) is 5.82 Å². The lowest BCUT2D eigenvalue weighted by Crippen LogP contribution is -2.38. The van der Waals surface area contributed by atoms with Crippen molar-refractivity contribution >= 4 is 51.7 Å². The number of hydrogen-bond donors (Lipinski definition) is 3. The van der Waals surface area contributed by atoms with Crippen molar-refractivity contribution in [2.75, 3.05) is 25.4 Å². The molecule has 0 aliphatic carbocycles. The summed E-state index contributed by atoms with van der Waals surface area (Å²) in [6.07, 6.45) is 1.64. The molecular weight excluding hydrogens is 538 g/mol. The number of nitrogens with one attached hydrogen (secondary N) is 2. The maximum Gasteiger partial charge on any atom is 0.238 e. The van der Waals surface area contributed by atoms with Gasteiger partial charge in [0.05, 0.1) is 4.90 Å². The Bertz CT molecular complexity index is 892. The van der Waals surface area contributed by atoms with Crippen molar-refractivity contribution in [2.24, 2.45) is 10.1 Å². The van der Waals surface area contributed by atoms with Gasteiger partial charge in [0.2, 0.25) is 10.0 Å². The van der Waals surface area contributed by atoms with Crippen molar-refractivity contribution in [2.45, 2.75) is 29.6 Å². The van der Waals surface area contributed by atoms with Gasteiger partial charge in [-0.1, -0.05) is 12.1 Å². The van der Waals surface area contributed by atoms with Gasteiger partial charge >= 0.3 is 0 Å². The number of thioether (sulfide) groups is 1. The smallest absolute Gasteiger partial charge is 0.238 e. The number of guanidine groups is 1. The number of benzene rings is 2. The van der Waals surface area contributed by atoms with Gasteiger partial charge in [-0.2, -0.15) is 0 Å². The topological polar surface area (TPSA) is 96.6 Å². The van der Waals surface area contributed by atoms with E-state index in [1.54, 1.807) is 36.0 Å². The van der Waals surface area contributed by atoms with Crippen LogP contribution in [-0.2, 0) is 16.4 Å². The molecule has 0 unspecified atom stereocenters. The summed E-state index contributed by atoms with van der Waals surface area (Å²) >= 11 is 1.68. The largest absolute Gasteiger partial charge is 0.357 e. The van der Waals surface area contributed by atoms with Crippen molar-refractivity contribution in [1.29, 1.82) is 0 Å². The summed E-state index contributed by atoms with van der Waals surface area (Å²) < 4.78 is 35.5. The Morgan fingerprint density at radius 3 is 2.37 bits per heavy atom. The lowest BCUT2D eigenvalue weighted by atomic mass is 10.1. The highest BCUT2D eigenvalue weighted by atomic mass is 127. The number of sulfonamides is 1. The second-order valence-corrected chi connectivity index (χ2v) is 9.01. The normalized spacial score (nSPS) is 11.6. The molecule has 0 aromatic heterocycles. The Kier molecular flexibility index (Phi) is 12.3. The third-order valence-electron chi connectivity index (χ3n) is 3.96. The zero-order valence-electron chi connectivity index (χ0n) is 16.8. The van der Waals surface area contributed by atoms with Crippen LogP contribution in [0.2, 0.25) is 0 Å². The van der Waals surface area contributed by atoms with E-state index in [1.807, 2.05) is 6.92 Å². The average Bonchev–Trinajstić information content (AvgIpc) is 2.69. The summed E-state index contributed by atoms with van der Waals surface area (Å²) in [7, 11) is -3.66. The standard InChI is InChI=1S/C20H27FN4O2S2.HI/c1-2-23-20(24-13-3-15-28-18-8-6-17(21)7-9-18)25-14-12-16-4-10-19(11-5-16)29(22,26)27;/h4-11H,2-3,12-15H2,1H3,(H2,22,26,27)(H2,23,24,25);1H. The third-order valence-corrected chi connectivity index (χ3v) is 5.98.